The van der Waals surface area contributed by atoms with Gasteiger partial charge in [0.25, 0.3) is 5.91 Å². The van der Waals surface area contributed by atoms with Gasteiger partial charge in [0.05, 0.1) is 7.11 Å². The third kappa shape index (κ3) is 3.01. The van der Waals surface area contributed by atoms with Crippen LogP contribution in [0.2, 0.25) is 0 Å². The Morgan fingerprint density at radius 1 is 1.13 bits per heavy atom. The first-order valence-corrected chi connectivity index (χ1v) is 6.79. The number of phenols is 1. The normalized spacial score (nSPS) is 10.5. The number of phenolic OH excluding ortho intramolecular Hbond substituents is 1. The van der Waals surface area contributed by atoms with Crippen molar-refractivity contribution >= 4 is 22.6 Å². The van der Waals surface area contributed by atoms with Gasteiger partial charge < -0.3 is 19.6 Å². The number of hydrogen-bond donors (Lipinski definition) is 2. The predicted octanol–water partition coefficient (Wildman–Crippen LogP) is 2.76. The van der Waals surface area contributed by atoms with Crippen LogP contribution in [0, 0.1) is 0 Å². The molecule has 1 amide bonds. The van der Waals surface area contributed by atoms with E-state index in [1.165, 1.54) is 18.2 Å². The fraction of sp³-hybridized carbons (Fsp3) is 0.0588. The number of carbonyl (C=O) groups excluding carboxylic acids is 1. The Balaban J connectivity index is 1.92. The lowest BCUT2D eigenvalue weighted by molar-refractivity contribution is 0.102. The van der Waals surface area contributed by atoms with E-state index < -0.39 is 11.5 Å². The number of benzene rings is 2. The van der Waals surface area contributed by atoms with Crippen molar-refractivity contribution < 1.29 is 19.1 Å². The van der Waals surface area contributed by atoms with E-state index in [1.54, 1.807) is 37.4 Å². The number of anilines is 1. The van der Waals surface area contributed by atoms with E-state index in [2.05, 4.69) is 5.32 Å². The highest BCUT2D eigenvalue weighted by molar-refractivity contribution is 6.05. The van der Waals surface area contributed by atoms with Crippen molar-refractivity contribution in [2.75, 3.05) is 12.4 Å². The highest BCUT2D eigenvalue weighted by Crippen LogP contribution is 2.20. The van der Waals surface area contributed by atoms with E-state index in [1.807, 2.05) is 0 Å². The van der Waals surface area contributed by atoms with Crippen molar-refractivity contribution in [3.8, 4) is 11.5 Å². The first kappa shape index (κ1) is 14.6. The fourth-order valence-corrected chi connectivity index (χ4v) is 2.13. The number of ether oxygens (including phenoxy) is 1. The molecule has 0 fully saturated rings. The van der Waals surface area contributed by atoms with E-state index in [0.717, 1.165) is 0 Å². The van der Waals surface area contributed by atoms with E-state index in [-0.39, 0.29) is 16.9 Å². The summed E-state index contributed by atoms with van der Waals surface area (Å²) in [4.78, 5) is 24.2. The quantitative estimate of drug-likeness (QED) is 0.726. The molecule has 0 radical (unpaired) electrons. The minimum Gasteiger partial charge on any atom is -0.508 e. The van der Waals surface area contributed by atoms with Crippen molar-refractivity contribution in [1.29, 1.82) is 0 Å². The minimum atomic E-state index is -0.769. The summed E-state index contributed by atoms with van der Waals surface area (Å²) in [5.41, 5.74) is -0.134. The van der Waals surface area contributed by atoms with Gasteiger partial charge in [0, 0.05) is 17.1 Å². The summed E-state index contributed by atoms with van der Waals surface area (Å²) in [7, 11) is 1.55. The molecule has 0 saturated carbocycles. The summed E-state index contributed by atoms with van der Waals surface area (Å²) in [5, 5.41) is 12.6. The van der Waals surface area contributed by atoms with Gasteiger partial charge in [0.2, 0.25) is 0 Å². The largest absolute Gasteiger partial charge is 0.508 e. The van der Waals surface area contributed by atoms with Crippen LogP contribution in [-0.4, -0.2) is 18.1 Å². The Morgan fingerprint density at radius 2 is 1.87 bits per heavy atom. The number of carbonyl (C=O) groups is 1. The second-order valence-corrected chi connectivity index (χ2v) is 4.85. The molecule has 6 nitrogen and oxygen atoms in total. The Morgan fingerprint density at radius 3 is 2.57 bits per heavy atom. The van der Waals surface area contributed by atoms with Crippen molar-refractivity contribution in [3.05, 3.63) is 64.5 Å². The number of methoxy groups -OCH3 is 1. The third-order valence-corrected chi connectivity index (χ3v) is 3.31. The number of amides is 1. The maximum atomic E-state index is 12.2. The van der Waals surface area contributed by atoms with E-state index in [4.69, 9.17) is 9.15 Å². The Bertz CT molecular complexity index is 928. The maximum absolute atomic E-state index is 12.2. The first-order valence-electron chi connectivity index (χ1n) is 6.79. The van der Waals surface area contributed by atoms with Gasteiger partial charge in [-0.25, -0.2) is 4.79 Å². The van der Waals surface area contributed by atoms with Crippen LogP contribution in [0.25, 0.3) is 11.0 Å². The Labute approximate surface area is 130 Å². The number of nitrogens with one attached hydrogen (secondary N) is 1. The summed E-state index contributed by atoms with van der Waals surface area (Å²) in [6.45, 7) is 0. The molecule has 0 bridgehead atoms. The molecule has 0 aliphatic carbocycles. The van der Waals surface area contributed by atoms with Crippen LogP contribution in [0.15, 0.2) is 57.7 Å². The molecule has 0 spiro atoms. The number of fused-ring (bicyclic) bond motifs is 1. The molecule has 0 saturated heterocycles. The van der Waals surface area contributed by atoms with Crippen LogP contribution < -0.4 is 15.7 Å². The predicted molar refractivity (Wildman–Crippen MR) is 85.1 cm³/mol. The molecule has 6 heteroatoms. The Hall–Kier alpha value is -3.28. The molecular weight excluding hydrogens is 298 g/mol. The summed E-state index contributed by atoms with van der Waals surface area (Å²) >= 11 is 0. The molecule has 1 heterocycles. The molecule has 0 unspecified atom stereocenters. The SMILES string of the molecule is COc1ccc(NC(=O)c2cc3ccc(O)cc3oc2=O)cc1. The van der Waals surface area contributed by atoms with Gasteiger partial charge in [-0.2, -0.15) is 0 Å². The van der Waals surface area contributed by atoms with E-state index >= 15 is 0 Å². The van der Waals surface area contributed by atoms with Crippen LogP contribution in [0.1, 0.15) is 10.4 Å². The molecule has 116 valence electrons. The summed E-state index contributed by atoms with van der Waals surface area (Å²) in [5.74, 6) is 0.0722. The molecule has 1 aromatic heterocycles. The lowest BCUT2D eigenvalue weighted by atomic mass is 10.1. The second-order valence-electron chi connectivity index (χ2n) is 4.85. The van der Waals surface area contributed by atoms with E-state index in [9.17, 15) is 14.7 Å². The van der Waals surface area contributed by atoms with Gasteiger partial charge in [0.15, 0.2) is 0 Å². The van der Waals surface area contributed by atoms with Crippen molar-refractivity contribution in [2.45, 2.75) is 0 Å². The van der Waals surface area contributed by atoms with Crippen LogP contribution in [-0.2, 0) is 0 Å². The molecule has 2 N–H and O–H groups in total. The summed E-state index contributed by atoms with van der Waals surface area (Å²) < 4.78 is 10.1. The number of rotatable bonds is 3. The zero-order valence-electron chi connectivity index (χ0n) is 12.2. The van der Waals surface area contributed by atoms with Crippen LogP contribution >= 0.6 is 0 Å². The van der Waals surface area contributed by atoms with Gasteiger partial charge >= 0.3 is 5.63 Å². The molecule has 23 heavy (non-hydrogen) atoms. The molecular formula is C17H13NO5. The second kappa shape index (κ2) is 5.84. The number of hydrogen-bond acceptors (Lipinski definition) is 5. The lowest BCUT2D eigenvalue weighted by Crippen LogP contribution is -2.20. The van der Waals surface area contributed by atoms with Crippen molar-refractivity contribution in [2.24, 2.45) is 0 Å². The van der Waals surface area contributed by atoms with Crippen molar-refractivity contribution in [1.82, 2.24) is 0 Å². The number of aromatic hydroxyl groups is 1. The highest BCUT2D eigenvalue weighted by Gasteiger charge is 2.14. The lowest BCUT2D eigenvalue weighted by Gasteiger charge is -2.06. The molecule has 0 atom stereocenters. The molecule has 3 rings (SSSR count). The van der Waals surface area contributed by atoms with Crippen molar-refractivity contribution in [3.63, 3.8) is 0 Å². The molecule has 2 aromatic carbocycles. The average Bonchev–Trinajstić information content (AvgIpc) is 2.54. The minimum absolute atomic E-state index is 0.0175. The van der Waals surface area contributed by atoms with Gasteiger partial charge in [-0.1, -0.05) is 0 Å². The zero-order valence-corrected chi connectivity index (χ0v) is 12.2. The average molecular weight is 311 g/mol. The van der Waals surface area contributed by atoms with Gasteiger partial charge in [-0.05, 0) is 42.5 Å². The maximum Gasteiger partial charge on any atom is 0.349 e. The van der Waals surface area contributed by atoms with Gasteiger partial charge in [0.1, 0.15) is 22.6 Å². The van der Waals surface area contributed by atoms with Crippen LogP contribution in [0.4, 0.5) is 5.69 Å². The summed E-state index contributed by atoms with van der Waals surface area (Å²) in [6, 6.07) is 12.5. The van der Waals surface area contributed by atoms with E-state index in [0.29, 0.717) is 16.8 Å². The van der Waals surface area contributed by atoms with Gasteiger partial charge in [-0.15, -0.1) is 0 Å². The van der Waals surface area contributed by atoms with Gasteiger partial charge in [-0.3, -0.25) is 4.79 Å². The molecule has 0 aliphatic rings. The smallest absolute Gasteiger partial charge is 0.349 e. The fourth-order valence-electron chi connectivity index (χ4n) is 2.13. The monoisotopic (exact) mass is 311 g/mol. The standard InChI is InChI=1S/C17H13NO5/c1-22-13-6-3-11(4-7-13)18-16(20)14-8-10-2-5-12(19)9-15(10)23-17(14)21/h2-9,19H,1H3,(H,18,20). The van der Waals surface area contributed by atoms with Crippen LogP contribution in [0.3, 0.4) is 0 Å². The van der Waals surface area contributed by atoms with Crippen LogP contribution in [0.5, 0.6) is 11.5 Å². The first-order chi connectivity index (χ1) is 11.1. The third-order valence-electron chi connectivity index (χ3n) is 3.31. The molecule has 3 aromatic rings. The summed E-state index contributed by atoms with van der Waals surface area (Å²) in [6.07, 6.45) is 0. The Kier molecular flexibility index (Phi) is 3.72. The topological polar surface area (TPSA) is 88.8 Å². The zero-order chi connectivity index (χ0) is 16.4. The molecule has 0 aliphatic heterocycles. The highest BCUT2D eigenvalue weighted by atomic mass is 16.5.